The fraction of sp³-hybridized carbons (Fsp3) is 0.182. The smallest absolute Gasteiger partial charge is 0.267 e. The minimum absolute atomic E-state index is 0.314. The molecule has 0 saturated heterocycles. The summed E-state index contributed by atoms with van der Waals surface area (Å²) in [5.41, 5.74) is 10.1. The zero-order valence-electron chi connectivity index (χ0n) is 16.4. The monoisotopic (exact) mass is 400 g/mol. The number of rotatable bonds is 5. The Balaban J connectivity index is 1.61. The third-order valence-corrected chi connectivity index (χ3v) is 5.13. The zero-order chi connectivity index (χ0) is 20.7. The van der Waals surface area contributed by atoms with Crippen molar-refractivity contribution < 1.29 is 9.53 Å². The number of aryl methyl sites for hydroxylation is 1. The minimum atomic E-state index is -0.539. The Hall–Kier alpha value is -3.94. The van der Waals surface area contributed by atoms with E-state index in [-0.39, 0.29) is 0 Å². The Morgan fingerprint density at radius 3 is 2.80 bits per heavy atom. The van der Waals surface area contributed by atoms with Crippen molar-refractivity contribution in [1.29, 1.82) is 0 Å². The molecule has 4 aromatic rings. The van der Waals surface area contributed by atoms with Crippen molar-refractivity contribution in [1.82, 2.24) is 19.6 Å². The molecule has 0 fully saturated rings. The predicted molar refractivity (Wildman–Crippen MR) is 112 cm³/mol. The van der Waals surface area contributed by atoms with Crippen LogP contribution in [0.1, 0.15) is 27.4 Å². The Kier molecular flexibility index (Phi) is 4.31. The van der Waals surface area contributed by atoms with Crippen LogP contribution in [0.25, 0.3) is 16.9 Å². The summed E-state index contributed by atoms with van der Waals surface area (Å²) < 4.78 is 7.34. The largest absolute Gasteiger partial charge is 0.487 e. The molecule has 1 aliphatic heterocycles. The van der Waals surface area contributed by atoms with Crippen molar-refractivity contribution in [2.75, 3.05) is 11.9 Å². The highest BCUT2D eigenvalue weighted by Gasteiger charge is 2.24. The Morgan fingerprint density at radius 1 is 1.17 bits per heavy atom. The summed E-state index contributed by atoms with van der Waals surface area (Å²) in [5, 5.41) is 7.90. The van der Waals surface area contributed by atoms with E-state index in [1.54, 1.807) is 16.6 Å². The van der Waals surface area contributed by atoms with Gasteiger partial charge in [-0.3, -0.25) is 4.79 Å². The number of hydrogen-bond donors (Lipinski definition) is 2. The average Bonchev–Trinajstić information content (AvgIpc) is 3.35. The van der Waals surface area contributed by atoms with E-state index in [1.807, 2.05) is 31.2 Å². The molecule has 0 unspecified atom stereocenters. The van der Waals surface area contributed by atoms with E-state index in [2.05, 4.69) is 22.5 Å². The van der Waals surface area contributed by atoms with E-state index >= 15 is 0 Å². The first-order chi connectivity index (χ1) is 14.6. The van der Waals surface area contributed by atoms with E-state index < -0.39 is 5.91 Å². The standard InChI is InChI=1S/C22H20N6O2/c1-13-18(16-8-5-9-17(20(23)29)28(16)27-13)21-25-15-10-11-30-19(15)22(26-21)24-12-14-6-3-2-4-7-14/h2-9H,10-12H2,1H3,(H2,23,29)(H,24,25,26). The Morgan fingerprint density at radius 2 is 2.00 bits per heavy atom. The topological polar surface area (TPSA) is 107 Å². The van der Waals surface area contributed by atoms with Gasteiger partial charge in [0.25, 0.3) is 5.91 Å². The fourth-order valence-electron chi connectivity index (χ4n) is 3.73. The molecule has 8 nitrogen and oxygen atoms in total. The molecule has 4 heterocycles. The molecule has 0 atom stereocenters. The van der Waals surface area contributed by atoms with Crippen molar-refractivity contribution in [2.24, 2.45) is 5.73 Å². The second-order valence-corrected chi connectivity index (χ2v) is 7.14. The van der Waals surface area contributed by atoms with Gasteiger partial charge in [0, 0.05) is 13.0 Å². The molecule has 3 aromatic heterocycles. The van der Waals surface area contributed by atoms with Crippen LogP contribution in [-0.2, 0) is 13.0 Å². The fourth-order valence-corrected chi connectivity index (χ4v) is 3.73. The van der Waals surface area contributed by atoms with Gasteiger partial charge in [0.1, 0.15) is 5.69 Å². The van der Waals surface area contributed by atoms with Crippen LogP contribution < -0.4 is 15.8 Å². The number of nitrogens with one attached hydrogen (secondary N) is 1. The highest BCUT2D eigenvalue weighted by atomic mass is 16.5. The lowest BCUT2D eigenvalue weighted by atomic mass is 10.1. The van der Waals surface area contributed by atoms with E-state index in [1.165, 1.54) is 0 Å². The van der Waals surface area contributed by atoms with Crippen LogP contribution in [0.3, 0.4) is 0 Å². The highest BCUT2D eigenvalue weighted by Crippen LogP contribution is 2.35. The Labute approximate surface area is 172 Å². The number of primary amides is 1. The molecule has 1 aliphatic rings. The van der Waals surface area contributed by atoms with Gasteiger partial charge in [0.05, 0.1) is 29.1 Å². The molecule has 3 N–H and O–H groups in total. The quantitative estimate of drug-likeness (QED) is 0.533. The van der Waals surface area contributed by atoms with Crippen LogP contribution >= 0.6 is 0 Å². The molecule has 30 heavy (non-hydrogen) atoms. The second kappa shape index (κ2) is 7.14. The van der Waals surface area contributed by atoms with Gasteiger partial charge >= 0.3 is 0 Å². The molecular formula is C22H20N6O2. The third kappa shape index (κ3) is 3.02. The van der Waals surface area contributed by atoms with Crippen LogP contribution in [0.4, 0.5) is 5.82 Å². The maximum absolute atomic E-state index is 11.8. The van der Waals surface area contributed by atoms with Crippen molar-refractivity contribution in [3.63, 3.8) is 0 Å². The van der Waals surface area contributed by atoms with Crippen LogP contribution in [0.5, 0.6) is 5.75 Å². The van der Waals surface area contributed by atoms with Crippen LogP contribution in [-0.4, -0.2) is 32.1 Å². The molecule has 0 aliphatic carbocycles. The van der Waals surface area contributed by atoms with Gasteiger partial charge in [0.2, 0.25) is 0 Å². The molecule has 150 valence electrons. The van der Waals surface area contributed by atoms with E-state index in [0.717, 1.165) is 34.5 Å². The number of aromatic nitrogens is 4. The van der Waals surface area contributed by atoms with Gasteiger partial charge in [-0.2, -0.15) is 5.10 Å². The number of amides is 1. The number of nitrogens with two attached hydrogens (primary N) is 1. The van der Waals surface area contributed by atoms with E-state index in [4.69, 9.17) is 20.4 Å². The lowest BCUT2D eigenvalue weighted by Gasteiger charge is -2.12. The molecule has 0 bridgehead atoms. The summed E-state index contributed by atoms with van der Waals surface area (Å²) in [4.78, 5) is 21.3. The number of carbonyl (C=O) groups is 1. The number of benzene rings is 1. The maximum Gasteiger partial charge on any atom is 0.267 e. The van der Waals surface area contributed by atoms with Gasteiger partial charge in [-0.05, 0) is 24.6 Å². The number of anilines is 1. The lowest BCUT2D eigenvalue weighted by molar-refractivity contribution is 0.0993. The van der Waals surface area contributed by atoms with Crippen LogP contribution in [0.2, 0.25) is 0 Å². The predicted octanol–water partition coefficient (Wildman–Crippen LogP) is 2.75. The minimum Gasteiger partial charge on any atom is -0.487 e. The zero-order valence-corrected chi connectivity index (χ0v) is 16.4. The molecule has 0 spiro atoms. The van der Waals surface area contributed by atoms with Crippen molar-refractivity contribution >= 4 is 17.2 Å². The summed E-state index contributed by atoms with van der Waals surface area (Å²) in [6.45, 7) is 3.07. The number of pyridine rings is 1. The summed E-state index contributed by atoms with van der Waals surface area (Å²) in [6, 6.07) is 15.4. The molecule has 0 saturated carbocycles. The van der Waals surface area contributed by atoms with Gasteiger partial charge in [0.15, 0.2) is 17.4 Å². The number of hydrogen-bond acceptors (Lipinski definition) is 6. The lowest BCUT2D eigenvalue weighted by Crippen LogP contribution is -2.15. The maximum atomic E-state index is 11.8. The van der Waals surface area contributed by atoms with E-state index in [9.17, 15) is 4.79 Å². The van der Waals surface area contributed by atoms with Gasteiger partial charge in [-0.15, -0.1) is 0 Å². The SMILES string of the molecule is Cc1nn2c(C(N)=O)cccc2c1-c1nc2c(c(NCc3ccccc3)n1)OCC2. The summed E-state index contributed by atoms with van der Waals surface area (Å²) in [7, 11) is 0. The Bertz CT molecular complexity index is 1270. The van der Waals surface area contributed by atoms with Crippen LogP contribution in [0.15, 0.2) is 48.5 Å². The number of carbonyl (C=O) groups excluding carboxylic acids is 1. The first-order valence-electron chi connectivity index (χ1n) is 9.72. The summed E-state index contributed by atoms with van der Waals surface area (Å²) in [6.07, 6.45) is 0.718. The van der Waals surface area contributed by atoms with Crippen LogP contribution in [0, 0.1) is 6.92 Å². The molecule has 1 aromatic carbocycles. The van der Waals surface area contributed by atoms with Gasteiger partial charge < -0.3 is 15.8 Å². The number of nitrogens with zero attached hydrogens (tertiary/aromatic N) is 4. The number of ether oxygens (including phenoxy) is 1. The molecule has 1 amide bonds. The molecule has 0 radical (unpaired) electrons. The first kappa shape index (κ1) is 18.1. The van der Waals surface area contributed by atoms with Crippen molar-refractivity contribution in [2.45, 2.75) is 19.9 Å². The summed E-state index contributed by atoms with van der Waals surface area (Å²) in [5.74, 6) is 1.36. The molecule has 8 heteroatoms. The van der Waals surface area contributed by atoms with Gasteiger partial charge in [-0.1, -0.05) is 36.4 Å². The summed E-state index contributed by atoms with van der Waals surface area (Å²) >= 11 is 0. The second-order valence-electron chi connectivity index (χ2n) is 7.14. The average molecular weight is 400 g/mol. The van der Waals surface area contributed by atoms with Gasteiger partial charge in [-0.25, -0.2) is 14.5 Å². The number of fused-ring (bicyclic) bond motifs is 2. The molecular weight excluding hydrogens is 380 g/mol. The highest BCUT2D eigenvalue weighted by molar-refractivity contribution is 5.93. The van der Waals surface area contributed by atoms with E-state index in [0.29, 0.717) is 36.2 Å². The normalized spacial score (nSPS) is 12.6. The molecule has 5 rings (SSSR count). The van der Waals surface area contributed by atoms with Crippen molar-refractivity contribution in [3.8, 4) is 17.1 Å². The first-order valence-corrected chi connectivity index (χ1v) is 9.72. The van der Waals surface area contributed by atoms with Crippen molar-refractivity contribution in [3.05, 3.63) is 71.2 Å². The third-order valence-electron chi connectivity index (χ3n) is 5.13.